The van der Waals surface area contributed by atoms with E-state index in [0.717, 1.165) is 25.7 Å². The van der Waals surface area contributed by atoms with Crippen LogP contribution in [0, 0.1) is 11.3 Å². The zero-order chi connectivity index (χ0) is 25.5. The van der Waals surface area contributed by atoms with Gasteiger partial charge < -0.3 is 19.5 Å². The number of ether oxygens (including phenoxy) is 2. The number of amides is 2. The van der Waals surface area contributed by atoms with Gasteiger partial charge in [0.05, 0.1) is 32.2 Å². The number of hydrogen-bond acceptors (Lipinski definition) is 8. The van der Waals surface area contributed by atoms with Crippen molar-refractivity contribution in [3.05, 3.63) is 12.4 Å². The van der Waals surface area contributed by atoms with E-state index >= 15 is 0 Å². The Bertz CT molecular complexity index is 1090. The van der Waals surface area contributed by atoms with Crippen LogP contribution in [0.15, 0.2) is 12.4 Å². The van der Waals surface area contributed by atoms with Gasteiger partial charge in [0.15, 0.2) is 5.82 Å². The lowest BCUT2D eigenvalue weighted by Gasteiger charge is -2.41. The van der Waals surface area contributed by atoms with Crippen LogP contribution < -0.4 is 9.64 Å². The minimum absolute atomic E-state index is 0.0144. The Morgan fingerprint density at radius 2 is 2.03 bits per heavy atom. The molecule has 4 heterocycles. The van der Waals surface area contributed by atoms with Crippen LogP contribution in [0.25, 0.3) is 0 Å². The molecule has 0 aromatic carbocycles. The van der Waals surface area contributed by atoms with Gasteiger partial charge in [-0.1, -0.05) is 6.92 Å². The topological polar surface area (TPSA) is 142 Å². The molecular formula is C23H33N5O7S. The standard InChI is InChI=1S/C23H33N5O7S/c1-23(4-5-23)18-10-16(2-6-27(18)22(30)31)14-35-20-12-24-19(11-25-20)28-8-7-26(13-21(28)29)36(32,33)17-3-9-34-15-17/h11-12,16-18H,2-10,13-15H2,1H3,(H,30,31)/t16?,17-,18?/m0/s1. The van der Waals surface area contributed by atoms with Gasteiger partial charge >= 0.3 is 6.09 Å². The van der Waals surface area contributed by atoms with Gasteiger partial charge in [0.2, 0.25) is 21.8 Å². The highest BCUT2D eigenvalue weighted by atomic mass is 32.2. The Labute approximate surface area is 210 Å². The average Bonchev–Trinajstić information content (AvgIpc) is 3.37. The van der Waals surface area contributed by atoms with Crippen molar-refractivity contribution in [1.82, 2.24) is 19.2 Å². The Hall–Kier alpha value is -2.51. The number of hydrogen-bond donors (Lipinski definition) is 1. The van der Waals surface area contributed by atoms with Crippen LogP contribution >= 0.6 is 0 Å². The summed E-state index contributed by atoms with van der Waals surface area (Å²) in [6, 6.07) is 0.0144. The van der Waals surface area contributed by atoms with E-state index in [1.54, 1.807) is 4.90 Å². The van der Waals surface area contributed by atoms with E-state index in [4.69, 9.17) is 9.47 Å². The molecule has 13 heteroatoms. The van der Waals surface area contributed by atoms with Gasteiger partial charge in [-0.15, -0.1) is 0 Å². The number of aromatic nitrogens is 2. The quantitative estimate of drug-likeness (QED) is 0.557. The summed E-state index contributed by atoms with van der Waals surface area (Å²) in [5, 5.41) is 8.97. The van der Waals surface area contributed by atoms with Crippen LogP contribution in [0.1, 0.15) is 39.0 Å². The molecule has 12 nitrogen and oxygen atoms in total. The predicted molar refractivity (Wildman–Crippen MR) is 128 cm³/mol. The molecule has 36 heavy (non-hydrogen) atoms. The summed E-state index contributed by atoms with van der Waals surface area (Å²) in [5.74, 6) is 0.566. The molecule has 3 atom stereocenters. The van der Waals surface area contributed by atoms with Crippen molar-refractivity contribution < 1.29 is 32.6 Å². The molecule has 3 aliphatic heterocycles. The minimum Gasteiger partial charge on any atom is -0.476 e. The first-order chi connectivity index (χ1) is 17.2. The summed E-state index contributed by atoms with van der Waals surface area (Å²) < 4.78 is 37.8. The van der Waals surface area contributed by atoms with Crippen LogP contribution in [0.3, 0.4) is 0 Å². The van der Waals surface area contributed by atoms with E-state index < -0.39 is 21.4 Å². The van der Waals surface area contributed by atoms with Crippen molar-refractivity contribution in [3.8, 4) is 5.88 Å². The number of carbonyl (C=O) groups is 2. The van der Waals surface area contributed by atoms with Gasteiger partial charge in [0, 0.05) is 32.3 Å². The van der Waals surface area contributed by atoms with E-state index in [9.17, 15) is 23.1 Å². The maximum atomic E-state index is 12.8. The highest BCUT2D eigenvalue weighted by Gasteiger charge is 2.50. The van der Waals surface area contributed by atoms with Crippen LogP contribution in [-0.2, 0) is 19.6 Å². The Morgan fingerprint density at radius 3 is 2.64 bits per heavy atom. The lowest BCUT2D eigenvalue weighted by Crippen LogP contribution is -2.54. The van der Waals surface area contributed by atoms with Gasteiger partial charge in [0.25, 0.3) is 0 Å². The maximum absolute atomic E-state index is 12.8. The van der Waals surface area contributed by atoms with Crippen molar-refractivity contribution in [2.75, 3.05) is 50.9 Å². The second kappa shape index (κ2) is 9.75. The van der Waals surface area contributed by atoms with E-state index in [1.807, 2.05) is 0 Å². The summed E-state index contributed by atoms with van der Waals surface area (Å²) in [7, 11) is -3.57. The summed E-state index contributed by atoms with van der Waals surface area (Å²) in [5.41, 5.74) is 0.0687. The summed E-state index contributed by atoms with van der Waals surface area (Å²) in [6.07, 6.45) is 6.13. The lowest BCUT2D eigenvalue weighted by atomic mass is 9.83. The third-order valence-electron chi connectivity index (χ3n) is 8.01. The minimum atomic E-state index is -3.57. The molecule has 0 spiro atoms. The molecule has 0 bridgehead atoms. The van der Waals surface area contributed by atoms with E-state index in [1.165, 1.54) is 21.6 Å². The first-order valence-electron chi connectivity index (χ1n) is 12.5. The SMILES string of the molecule is CC1(C2CC(COc3cnc(N4CCN(S(=O)(=O)[C@H]5CCOC5)CC4=O)cn3)CCN2C(=O)O)CC1. The molecule has 1 aromatic heterocycles. The van der Waals surface area contributed by atoms with Crippen molar-refractivity contribution in [3.63, 3.8) is 0 Å². The predicted octanol–water partition coefficient (Wildman–Crippen LogP) is 1.18. The van der Waals surface area contributed by atoms with Crippen LogP contribution in [0.4, 0.5) is 10.6 Å². The molecule has 2 amide bonds. The normalized spacial score (nSPS) is 28.8. The number of carboxylic acid groups (broad SMARTS) is 1. The maximum Gasteiger partial charge on any atom is 0.407 e. The summed E-state index contributed by atoms with van der Waals surface area (Å²) >= 11 is 0. The molecule has 1 aliphatic carbocycles. The fourth-order valence-corrected chi connectivity index (χ4v) is 7.12. The van der Waals surface area contributed by atoms with Crippen LogP contribution in [0.2, 0.25) is 0 Å². The van der Waals surface area contributed by atoms with Crippen LogP contribution in [0.5, 0.6) is 5.88 Å². The molecule has 4 aliphatic rings. The molecule has 2 unspecified atom stereocenters. The number of piperidine rings is 1. The third kappa shape index (κ3) is 5.00. The fraction of sp³-hybridized carbons (Fsp3) is 0.739. The number of rotatable bonds is 7. The van der Waals surface area contributed by atoms with Gasteiger partial charge in [0.1, 0.15) is 5.25 Å². The van der Waals surface area contributed by atoms with Crippen molar-refractivity contribution in [1.29, 1.82) is 0 Å². The molecule has 1 aromatic rings. The average molecular weight is 524 g/mol. The number of piperazine rings is 1. The van der Waals surface area contributed by atoms with E-state index in [-0.39, 0.29) is 49.5 Å². The Balaban J connectivity index is 1.14. The fourth-order valence-electron chi connectivity index (χ4n) is 5.41. The van der Waals surface area contributed by atoms with Gasteiger partial charge in [-0.2, -0.15) is 4.31 Å². The van der Waals surface area contributed by atoms with E-state index in [0.29, 0.717) is 37.9 Å². The second-order valence-corrected chi connectivity index (χ2v) is 12.7. The summed E-state index contributed by atoms with van der Waals surface area (Å²) in [6.45, 7) is 3.84. The number of nitrogens with zero attached hydrogens (tertiary/aromatic N) is 5. The molecule has 1 N–H and O–H groups in total. The smallest absolute Gasteiger partial charge is 0.407 e. The molecule has 198 valence electrons. The molecule has 3 saturated heterocycles. The molecule has 5 rings (SSSR count). The Morgan fingerprint density at radius 1 is 1.22 bits per heavy atom. The molecule has 0 radical (unpaired) electrons. The highest BCUT2D eigenvalue weighted by Crippen LogP contribution is 2.53. The second-order valence-electron chi connectivity index (χ2n) is 10.5. The first-order valence-corrected chi connectivity index (χ1v) is 14.0. The van der Waals surface area contributed by atoms with Crippen LogP contribution in [-0.4, -0.2) is 102 Å². The van der Waals surface area contributed by atoms with Gasteiger partial charge in [-0.3, -0.25) is 9.69 Å². The number of likely N-dealkylation sites (tertiary alicyclic amines) is 1. The third-order valence-corrected chi connectivity index (χ3v) is 10.3. The summed E-state index contributed by atoms with van der Waals surface area (Å²) in [4.78, 5) is 36.0. The number of sulfonamides is 1. The monoisotopic (exact) mass is 523 g/mol. The largest absolute Gasteiger partial charge is 0.476 e. The van der Waals surface area contributed by atoms with Crippen molar-refractivity contribution in [2.24, 2.45) is 11.3 Å². The molecule has 1 saturated carbocycles. The number of anilines is 1. The van der Waals surface area contributed by atoms with Crippen molar-refractivity contribution >= 4 is 27.8 Å². The Kier molecular flexibility index (Phi) is 6.81. The zero-order valence-electron chi connectivity index (χ0n) is 20.4. The number of carbonyl (C=O) groups excluding carboxylic acids is 1. The molecule has 4 fully saturated rings. The van der Waals surface area contributed by atoms with Gasteiger partial charge in [-0.25, -0.2) is 23.2 Å². The molecular weight excluding hydrogens is 490 g/mol. The highest BCUT2D eigenvalue weighted by molar-refractivity contribution is 7.89. The van der Waals surface area contributed by atoms with Crippen molar-refractivity contribution in [2.45, 2.75) is 50.3 Å². The lowest BCUT2D eigenvalue weighted by molar-refractivity contribution is -0.120. The first kappa shape index (κ1) is 25.2. The van der Waals surface area contributed by atoms with Gasteiger partial charge in [-0.05, 0) is 43.4 Å². The zero-order valence-corrected chi connectivity index (χ0v) is 21.2. The van der Waals surface area contributed by atoms with E-state index in [2.05, 4.69) is 16.9 Å².